The van der Waals surface area contributed by atoms with Crippen LogP contribution in [-0.2, 0) is 4.79 Å². The number of nitrogens with two attached hydrogens (primary N) is 2. The van der Waals surface area contributed by atoms with E-state index < -0.39 is 23.9 Å². The van der Waals surface area contributed by atoms with E-state index in [1.54, 1.807) is 12.4 Å². The second-order valence-corrected chi connectivity index (χ2v) is 6.58. The summed E-state index contributed by atoms with van der Waals surface area (Å²) in [5, 5.41) is 20.3. The highest BCUT2D eigenvalue weighted by molar-refractivity contribution is 6.06. The molecule has 3 aromatic heterocycles. The number of carbonyl (C=O) groups excluding carboxylic acids is 1. The predicted molar refractivity (Wildman–Crippen MR) is 111 cm³/mol. The van der Waals surface area contributed by atoms with Crippen LogP contribution in [0.15, 0.2) is 35.2 Å². The third-order valence-corrected chi connectivity index (χ3v) is 4.44. The summed E-state index contributed by atoms with van der Waals surface area (Å²) in [5.74, 6) is -3.80. The van der Waals surface area contributed by atoms with Crippen LogP contribution in [0.5, 0.6) is 0 Å². The number of alkyl halides is 3. The van der Waals surface area contributed by atoms with Gasteiger partial charge in [-0.2, -0.15) is 18.3 Å². The summed E-state index contributed by atoms with van der Waals surface area (Å²) in [4.78, 5) is 25.3. The molecule has 1 amide bonds. The Hall–Kier alpha value is -4.69. The first kappa shape index (κ1) is 24.0. The van der Waals surface area contributed by atoms with Crippen LogP contribution in [0.25, 0.3) is 33.4 Å². The summed E-state index contributed by atoms with van der Waals surface area (Å²) < 4.78 is 51.7. The summed E-state index contributed by atoms with van der Waals surface area (Å²) >= 11 is 0. The smallest absolute Gasteiger partial charge is 0.475 e. The minimum absolute atomic E-state index is 0.0140. The molecule has 0 atom stereocenters. The Labute approximate surface area is 186 Å². The Balaban J connectivity index is 0.000000406. The summed E-state index contributed by atoms with van der Waals surface area (Å²) in [5.41, 5.74) is 13.7. The molecular weight excluding hydrogens is 466 g/mol. The highest BCUT2D eigenvalue weighted by Crippen LogP contribution is 2.38. The zero-order valence-electron chi connectivity index (χ0n) is 17.1. The van der Waals surface area contributed by atoms with Crippen LogP contribution in [0.4, 0.5) is 29.1 Å². The monoisotopic (exact) mass is 481 g/mol. The molecule has 11 nitrogen and oxygen atoms in total. The first-order chi connectivity index (χ1) is 16.0. The zero-order chi connectivity index (χ0) is 25.2. The van der Waals surface area contributed by atoms with Crippen molar-refractivity contribution in [3.05, 3.63) is 42.1 Å². The number of carboxylic acids is 1. The van der Waals surface area contributed by atoms with Gasteiger partial charge in [-0.25, -0.2) is 9.18 Å². The Bertz CT molecular complexity index is 1370. The van der Waals surface area contributed by atoms with Crippen LogP contribution in [0.3, 0.4) is 0 Å². The molecule has 0 radical (unpaired) electrons. The quantitative estimate of drug-likeness (QED) is 0.217. The number of nitrogens with one attached hydrogen (secondary N) is 2. The molecule has 3 heterocycles. The van der Waals surface area contributed by atoms with Crippen molar-refractivity contribution >= 4 is 34.4 Å². The highest BCUT2D eigenvalue weighted by atomic mass is 19.4. The van der Waals surface area contributed by atoms with Gasteiger partial charge in [-0.15, -0.1) is 0 Å². The van der Waals surface area contributed by atoms with E-state index in [-0.39, 0.29) is 28.3 Å². The van der Waals surface area contributed by atoms with Gasteiger partial charge in [0.2, 0.25) is 0 Å². The molecule has 15 heteroatoms. The van der Waals surface area contributed by atoms with Crippen molar-refractivity contribution in [2.75, 3.05) is 18.5 Å². The number of aromatic amines is 1. The number of fused-ring (bicyclic) bond motifs is 1. The van der Waals surface area contributed by atoms with Crippen molar-refractivity contribution in [2.24, 2.45) is 0 Å². The van der Waals surface area contributed by atoms with Crippen molar-refractivity contribution in [3.8, 4) is 22.4 Å². The highest BCUT2D eigenvalue weighted by Gasteiger charge is 2.38. The maximum Gasteiger partial charge on any atom is 0.490 e. The topological polar surface area (TPSA) is 186 Å². The zero-order valence-corrected chi connectivity index (χ0v) is 17.1. The Kier molecular flexibility index (Phi) is 6.38. The van der Waals surface area contributed by atoms with Crippen molar-refractivity contribution < 1.29 is 36.8 Å². The van der Waals surface area contributed by atoms with E-state index in [0.717, 1.165) is 6.07 Å². The summed E-state index contributed by atoms with van der Waals surface area (Å²) in [6.45, 7) is 0. The van der Waals surface area contributed by atoms with Crippen molar-refractivity contribution in [1.29, 1.82) is 0 Å². The van der Waals surface area contributed by atoms with Crippen LogP contribution in [0.1, 0.15) is 10.4 Å². The molecule has 0 aliphatic carbocycles. The van der Waals surface area contributed by atoms with E-state index in [4.69, 9.17) is 25.9 Å². The average molecular weight is 481 g/mol. The number of nitrogen functional groups attached to an aromatic ring is 2. The number of anilines is 2. The van der Waals surface area contributed by atoms with Crippen LogP contribution < -0.4 is 16.8 Å². The Morgan fingerprint density at radius 1 is 1.18 bits per heavy atom. The van der Waals surface area contributed by atoms with Gasteiger partial charge in [0, 0.05) is 41.8 Å². The van der Waals surface area contributed by atoms with E-state index in [9.17, 15) is 22.4 Å². The number of amides is 1. The second kappa shape index (κ2) is 9.05. The van der Waals surface area contributed by atoms with Gasteiger partial charge in [-0.3, -0.25) is 14.9 Å². The third kappa shape index (κ3) is 4.57. The molecule has 4 aromatic rings. The number of hydrogen-bond donors (Lipinski definition) is 5. The van der Waals surface area contributed by atoms with Gasteiger partial charge >= 0.3 is 12.1 Å². The second-order valence-electron chi connectivity index (χ2n) is 6.58. The van der Waals surface area contributed by atoms with E-state index in [1.807, 2.05) is 0 Å². The lowest BCUT2D eigenvalue weighted by Gasteiger charge is -2.10. The van der Waals surface area contributed by atoms with Gasteiger partial charge in [-0.05, 0) is 12.1 Å². The predicted octanol–water partition coefficient (Wildman–Crippen LogP) is 2.58. The average Bonchev–Trinajstić information content (AvgIpc) is 3.43. The summed E-state index contributed by atoms with van der Waals surface area (Å²) in [6, 6.07) is 2.40. The lowest BCUT2D eigenvalue weighted by molar-refractivity contribution is -0.192. The number of hydrogen-bond acceptors (Lipinski definition) is 8. The van der Waals surface area contributed by atoms with Gasteiger partial charge < -0.3 is 26.4 Å². The number of benzene rings is 1. The number of nitrogens with zero attached hydrogens (tertiary/aromatic N) is 3. The minimum Gasteiger partial charge on any atom is -0.475 e. The standard InChI is InChI=1S/C17H14FN7O2.C2HF3O2/c1-21-17(26)9-2-8(11(18)3-12(9)19)14-13-15(27-25-16(13)20)10(6-22-14)7-4-23-24-5-7;3-2(4,5)1(6)7/h2-6H,19H2,1H3,(H2,20,25)(H,21,26)(H,23,24);(H,6,7). The number of carboxylic acid groups (broad SMARTS) is 1. The number of aliphatic carboxylic acids is 1. The Morgan fingerprint density at radius 3 is 2.41 bits per heavy atom. The largest absolute Gasteiger partial charge is 0.490 e. The fourth-order valence-corrected chi connectivity index (χ4v) is 2.88. The maximum atomic E-state index is 14.7. The SMILES string of the molecule is CNC(=O)c1cc(-c2ncc(-c3cn[nH]c3)c3onc(N)c23)c(F)cc1N.O=C(O)C(F)(F)F. The van der Waals surface area contributed by atoms with Gasteiger partial charge in [-0.1, -0.05) is 5.16 Å². The molecule has 0 fully saturated rings. The van der Waals surface area contributed by atoms with E-state index in [0.29, 0.717) is 22.1 Å². The van der Waals surface area contributed by atoms with Crippen LogP contribution >= 0.6 is 0 Å². The summed E-state index contributed by atoms with van der Waals surface area (Å²) in [7, 11) is 1.46. The molecule has 0 bridgehead atoms. The molecule has 0 aliphatic rings. The normalized spacial score (nSPS) is 11.1. The maximum absolute atomic E-state index is 14.7. The Morgan fingerprint density at radius 2 is 1.85 bits per heavy atom. The number of halogens is 4. The molecule has 0 spiro atoms. The molecule has 1 aromatic carbocycles. The third-order valence-electron chi connectivity index (χ3n) is 4.44. The summed E-state index contributed by atoms with van der Waals surface area (Å²) in [6.07, 6.45) is -0.340. The number of carbonyl (C=O) groups is 2. The number of H-pyrrole nitrogens is 1. The van der Waals surface area contributed by atoms with E-state index >= 15 is 0 Å². The number of aromatic nitrogens is 4. The molecular formula is C19H15F4N7O4. The van der Waals surface area contributed by atoms with Crippen LogP contribution in [0, 0.1) is 5.82 Å². The van der Waals surface area contributed by atoms with Crippen LogP contribution in [-0.4, -0.2) is 50.5 Å². The van der Waals surface area contributed by atoms with E-state index in [1.165, 1.54) is 19.3 Å². The number of rotatable bonds is 3. The molecule has 0 saturated carbocycles. The van der Waals surface area contributed by atoms with Crippen molar-refractivity contribution in [3.63, 3.8) is 0 Å². The van der Waals surface area contributed by atoms with Crippen molar-refractivity contribution in [2.45, 2.75) is 6.18 Å². The fraction of sp³-hybridized carbons (Fsp3) is 0.105. The first-order valence-corrected chi connectivity index (χ1v) is 9.10. The van der Waals surface area contributed by atoms with Crippen LogP contribution in [0.2, 0.25) is 0 Å². The van der Waals surface area contributed by atoms with Gasteiger partial charge in [0.05, 0.1) is 22.8 Å². The molecule has 0 aliphatic heterocycles. The molecule has 7 N–H and O–H groups in total. The lowest BCUT2D eigenvalue weighted by Crippen LogP contribution is -2.21. The van der Waals surface area contributed by atoms with Gasteiger partial charge in [0.15, 0.2) is 11.4 Å². The number of pyridine rings is 1. The fourth-order valence-electron chi connectivity index (χ4n) is 2.88. The molecule has 34 heavy (non-hydrogen) atoms. The molecule has 0 saturated heterocycles. The van der Waals surface area contributed by atoms with Crippen molar-refractivity contribution in [1.82, 2.24) is 25.7 Å². The first-order valence-electron chi connectivity index (χ1n) is 9.10. The minimum atomic E-state index is -5.08. The molecule has 0 unspecified atom stereocenters. The van der Waals surface area contributed by atoms with Gasteiger partial charge in [0.25, 0.3) is 5.91 Å². The molecule has 4 rings (SSSR count). The lowest BCUT2D eigenvalue weighted by atomic mass is 10.00. The van der Waals surface area contributed by atoms with Gasteiger partial charge in [0.1, 0.15) is 5.82 Å². The van der Waals surface area contributed by atoms with E-state index in [2.05, 4.69) is 25.7 Å². The molecule has 178 valence electrons.